The highest BCUT2D eigenvalue weighted by Gasteiger charge is 2.14. The Morgan fingerprint density at radius 2 is 1.57 bits per heavy atom. The molecule has 9 heteroatoms. The number of halogens is 1. The van der Waals surface area contributed by atoms with Gasteiger partial charge in [0, 0.05) is 52.3 Å². The van der Waals surface area contributed by atoms with Crippen molar-refractivity contribution in [3.8, 4) is 28.3 Å². The molecular weight excluding hydrogens is 486 g/mol. The molecule has 8 nitrogen and oxygen atoms in total. The lowest BCUT2D eigenvalue weighted by molar-refractivity contribution is 0.262. The molecule has 0 spiro atoms. The van der Waals surface area contributed by atoms with E-state index in [1.807, 2.05) is 83.7 Å². The summed E-state index contributed by atoms with van der Waals surface area (Å²) in [6, 6.07) is 26.0. The largest absolute Gasteiger partial charge is 0.323 e. The number of amides is 2. The number of benzene rings is 3. The highest BCUT2D eigenvalue weighted by Crippen LogP contribution is 2.25. The van der Waals surface area contributed by atoms with E-state index in [1.165, 1.54) is 0 Å². The fourth-order valence-electron chi connectivity index (χ4n) is 4.00. The van der Waals surface area contributed by atoms with Crippen molar-refractivity contribution in [2.24, 2.45) is 0 Å². The van der Waals surface area contributed by atoms with Gasteiger partial charge >= 0.3 is 6.03 Å². The van der Waals surface area contributed by atoms with Crippen molar-refractivity contribution in [2.75, 3.05) is 10.6 Å². The van der Waals surface area contributed by atoms with Crippen LogP contribution < -0.4 is 10.6 Å². The number of hydrogen-bond acceptors (Lipinski definition) is 4. The lowest BCUT2D eigenvalue weighted by Crippen LogP contribution is -2.19. The van der Waals surface area contributed by atoms with Gasteiger partial charge in [0.1, 0.15) is 0 Å². The number of anilines is 2. The molecule has 0 atom stereocenters. The molecule has 0 aliphatic rings. The van der Waals surface area contributed by atoms with Crippen LogP contribution in [0.3, 0.4) is 0 Å². The second kappa shape index (κ2) is 9.60. The third-order valence-corrected chi connectivity index (χ3v) is 6.00. The minimum Gasteiger partial charge on any atom is -0.308 e. The van der Waals surface area contributed by atoms with Crippen LogP contribution in [-0.4, -0.2) is 30.2 Å². The molecular formula is C28H20ClN7O. The number of nitrogens with one attached hydrogen (secondary N) is 2. The molecule has 0 bridgehead atoms. The standard InChI is InChI=1S/C28H20ClN7O/c29-21-9-11-22(12-10-21)31-28(37)32-23-8-4-7-20(17-23)25-18-35-16-14-30-26(35)27(33-25)36-15-13-24(34-36)19-5-2-1-3-6-19/h1-18H,(H2,31,32,37). The maximum Gasteiger partial charge on any atom is 0.323 e. The van der Waals surface area contributed by atoms with Gasteiger partial charge in [0.05, 0.1) is 11.4 Å². The van der Waals surface area contributed by atoms with Crippen LogP contribution in [0.5, 0.6) is 0 Å². The quantitative estimate of drug-likeness (QED) is 0.278. The maximum absolute atomic E-state index is 12.5. The minimum absolute atomic E-state index is 0.358. The molecule has 0 unspecified atom stereocenters. The molecule has 180 valence electrons. The Kier molecular flexibility index (Phi) is 5.84. The predicted octanol–water partition coefficient (Wildman–Crippen LogP) is 6.55. The lowest BCUT2D eigenvalue weighted by Gasteiger charge is -2.11. The SMILES string of the molecule is O=C(Nc1ccc(Cl)cc1)Nc1cccc(-c2cn3ccnc3c(-n3ccc(-c4ccccc4)n3)n2)c1. The van der Waals surface area contributed by atoms with Gasteiger partial charge in [0.15, 0.2) is 11.5 Å². The van der Waals surface area contributed by atoms with Gasteiger partial charge in [-0.2, -0.15) is 5.10 Å². The van der Waals surface area contributed by atoms with Crippen LogP contribution in [0.1, 0.15) is 0 Å². The second-order valence-corrected chi connectivity index (χ2v) is 8.72. The number of nitrogens with zero attached hydrogens (tertiary/aromatic N) is 5. The first-order valence-corrected chi connectivity index (χ1v) is 11.9. The summed E-state index contributed by atoms with van der Waals surface area (Å²) >= 11 is 5.92. The smallest absolute Gasteiger partial charge is 0.308 e. The van der Waals surface area contributed by atoms with E-state index < -0.39 is 0 Å². The number of hydrogen-bond donors (Lipinski definition) is 2. The van der Waals surface area contributed by atoms with Gasteiger partial charge in [0.25, 0.3) is 0 Å². The Morgan fingerprint density at radius 3 is 2.41 bits per heavy atom. The number of imidazole rings is 1. The highest BCUT2D eigenvalue weighted by atomic mass is 35.5. The van der Waals surface area contributed by atoms with Crippen molar-refractivity contribution in [3.05, 3.63) is 115 Å². The predicted molar refractivity (Wildman–Crippen MR) is 145 cm³/mol. The molecule has 2 N–H and O–H groups in total. The lowest BCUT2D eigenvalue weighted by atomic mass is 10.1. The summed E-state index contributed by atoms with van der Waals surface area (Å²) in [5, 5.41) is 11.0. The number of urea groups is 1. The summed E-state index contributed by atoms with van der Waals surface area (Å²) in [6.07, 6.45) is 7.38. The average molecular weight is 506 g/mol. The third-order valence-electron chi connectivity index (χ3n) is 5.75. The first-order valence-electron chi connectivity index (χ1n) is 11.5. The molecule has 3 aromatic heterocycles. The van der Waals surface area contributed by atoms with Crippen LogP contribution >= 0.6 is 11.6 Å². The zero-order valence-corrected chi connectivity index (χ0v) is 20.2. The Bertz CT molecular complexity index is 1710. The van der Waals surface area contributed by atoms with Crippen molar-refractivity contribution in [1.82, 2.24) is 24.1 Å². The molecule has 3 heterocycles. The van der Waals surface area contributed by atoms with Crippen molar-refractivity contribution < 1.29 is 4.79 Å². The van der Waals surface area contributed by atoms with Crippen molar-refractivity contribution in [1.29, 1.82) is 0 Å². The Balaban J connectivity index is 1.30. The van der Waals surface area contributed by atoms with Gasteiger partial charge in [-0.1, -0.05) is 54.1 Å². The van der Waals surface area contributed by atoms with Crippen molar-refractivity contribution >= 4 is 34.7 Å². The van der Waals surface area contributed by atoms with Gasteiger partial charge in [-0.05, 0) is 42.5 Å². The Morgan fingerprint density at radius 1 is 0.784 bits per heavy atom. The van der Waals surface area contributed by atoms with E-state index in [4.69, 9.17) is 21.7 Å². The molecule has 0 fully saturated rings. The molecule has 37 heavy (non-hydrogen) atoms. The second-order valence-electron chi connectivity index (χ2n) is 8.29. The number of carbonyl (C=O) groups is 1. The first kappa shape index (κ1) is 22.5. The van der Waals surface area contributed by atoms with Crippen LogP contribution in [0.2, 0.25) is 5.02 Å². The summed E-state index contributed by atoms with van der Waals surface area (Å²) in [5.74, 6) is 0.600. The van der Waals surface area contributed by atoms with Crippen LogP contribution in [-0.2, 0) is 0 Å². The fraction of sp³-hybridized carbons (Fsp3) is 0. The number of aromatic nitrogens is 5. The fourth-order valence-corrected chi connectivity index (χ4v) is 4.12. The summed E-state index contributed by atoms with van der Waals surface area (Å²) in [6.45, 7) is 0. The molecule has 6 aromatic rings. The zero-order valence-electron chi connectivity index (χ0n) is 19.4. The van der Waals surface area contributed by atoms with Crippen LogP contribution in [0.25, 0.3) is 34.0 Å². The van der Waals surface area contributed by atoms with Gasteiger partial charge < -0.3 is 15.0 Å². The summed E-state index contributed by atoms with van der Waals surface area (Å²) in [7, 11) is 0. The van der Waals surface area contributed by atoms with Crippen LogP contribution in [0, 0.1) is 0 Å². The minimum atomic E-state index is -0.358. The van der Waals surface area contributed by atoms with E-state index in [9.17, 15) is 4.79 Å². The monoisotopic (exact) mass is 505 g/mol. The summed E-state index contributed by atoms with van der Waals surface area (Å²) in [5.41, 5.74) is 5.36. The number of carbonyl (C=O) groups excluding carboxylic acids is 1. The van der Waals surface area contributed by atoms with Crippen LogP contribution in [0.15, 0.2) is 110 Å². The number of rotatable bonds is 5. The van der Waals surface area contributed by atoms with Gasteiger partial charge in [0.2, 0.25) is 0 Å². The Labute approximate surface area is 217 Å². The van der Waals surface area contributed by atoms with E-state index in [-0.39, 0.29) is 6.03 Å². The molecule has 3 aromatic carbocycles. The number of fused-ring (bicyclic) bond motifs is 1. The van der Waals surface area contributed by atoms with Gasteiger partial charge in [-0.25, -0.2) is 19.4 Å². The Hall–Kier alpha value is -4.95. The summed E-state index contributed by atoms with van der Waals surface area (Å²) in [4.78, 5) is 21.9. The van der Waals surface area contributed by atoms with E-state index >= 15 is 0 Å². The molecule has 0 radical (unpaired) electrons. The molecule has 2 amide bonds. The van der Waals surface area contributed by atoms with Crippen LogP contribution in [0.4, 0.5) is 16.2 Å². The zero-order chi connectivity index (χ0) is 25.2. The molecule has 0 aliphatic heterocycles. The van der Waals surface area contributed by atoms with Gasteiger partial charge in [-0.3, -0.25) is 0 Å². The molecule has 6 rings (SSSR count). The molecule has 0 saturated carbocycles. The first-order chi connectivity index (χ1) is 18.1. The normalized spacial score (nSPS) is 10.9. The average Bonchev–Trinajstić information content (AvgIpc) is 3.60. The van der Waals surface area contributed by atoms with E-state index in [0.717, 1.165) is 16.8 Å². The van der Waals surface area contributed by atoms with Crippen molar-refractivity contribution in [3.63, 3.8) is 0 Å². The summed E-state index contributed by atoms with van der Waals surface area (Å²) < 4.78 is 3.64. The molecule has 0 aliphatic carbocycles. The van der Waals surface area contributed by atoms with E-state index in [0.29, 0.717) is 33.6 Å². The maximum atomic E-state index is 12.5. The third kappa shape index (κ3) is 4.78. The highest BCUT2D eigenvalue weighted by molar-refractivity contribution is 6.30. The van der Waals surface area contributed by atoms with Gasteiger partial charge in [-0.15, -0.1) is 0 Å². The topological polar surface area (TPSA) is 89.1 Å². The van der Waals surface area contributed by atoms with E-state index in [1.54, 1.807) is 35.1 Å². The van der Waals surface area contributed by atoms with Crippen molar-refractivity contribution in [2.45, 2.75) is 0 Å². The van der Waals surface area contributed by atoms with E-state index in [2.05, 4.69) is 15.6 Å². The molecule has 0 saturated heterocycles.